The van der Waals surface area contributed by atoms with Crippen LogP contribution in [0.5, 0.6) is 11.5 Å². The average Bonchev–Trinajstić information content (AvgIpc) is 2.73. The van der Waals surface area contributed by atoms with Gasteiger partial charge >= 0.3 is 0 Å². The molecule has 9 heteroatoms. The van der Waals surface area contributed by atoms with Gasteiger partial charge in [0, 0.05) is 23.9 Å². The molecule has 0 aliphatic rings. The summed E-state index contributed by atoms with van der Waals surface area (Å²) >= 11 is 12.0. The Labute approximate surface area is 198 Å². The fraction of sp³-hybridized carbons (Fsp3) is 0.391. The van der Waals surface area contributed by atoms with E-state index in [0.717, 1.165) is 0 Å². The van der Waals surface area contributed by atoms with Gasteiger partial charge in [0.05, 0.1) is 24.3 Å². The summed E-state index contributed by atoms with van der Waals surface area (Å²) in [7, 11) is 3.12. The van der Waals surface area contributed by atoms with E-state index >= 15 is 0 Å². The Morgan fingerprint density at radius 2 is 1.75 bits per heavy atom. The number of benzene rings is 2. The zero-order valence-corrected chi connectivity index (χ0v) is 20.0. The van der Waals surface area contributed by atoms with E-state index in [4.69, 9.17) is 37.4 Å². The van der Waals surface area contributed by atoms with Crippen LogP contribution in [0.3, 0.4) is 0 Å². The lowest BCUT2D eigenvalue weighted by molar-refractivity contribution is -0.118. The molecule has 0 saturated carbocycles. The fourth-order valence-electron chi connectivity index (χ4n) is 2.94. The van der Waals surface area contributed by atoms with Crippen molar-refractivity contribution in [1.29, 1.82) is 0 Å². The second-order valence-electron chi connectivity index (χ2n) is 7.48. The maximum Gasteiger partial charge on any atom is 0.253 e. The van der Waals surface area contributed by atoms with Gasteiger partial charge in [-0.25, -0.2) is 0 Å². The van der Waals surface area contributed by atoms with Crippen molar-refractivity contribution >= 4 is 40.7 Å². The Hall–Kier alpha value is -2.48. The maximum absolute atomic E-state index is 13.0. The van der Waals surface area contributed by atoms with Crippen LogP contribution in [0.15, 0.2) is 36.4 Å². The minimum absolute atomic E-state index is 0.163. The van der Waals surface area contributed by atoms with Gasteiger partial charge in [-0.15, -0.1) is 0 Å². The van der Waals surface area contributed by atoms with Gasteiger partial charge in [-0.3, -0.25) is 9.59 Å². The van der Waals surface area contributed by atoms with Crippen LogP contribution in [0.25, 0.3) is 0 Å². The van der Waals surface area contributed by atoms with Crippen LogP contribution in [0, 0.1) is 5.92 Å². The number of hydrogen-bond acceptors (Lipinski definition) is 5. The summed E-state index contributed by atoms with van der Waals surface area (Å²) in [5.41, 5.74) is 0.756. The lowest BCUT2D eigenvalue weighted by atomic mass is 10.0. The predicted octanol–water partition coefficient (Wildman–Crippen LogP) is 4.81. The monoisotopic (exact) mass is 482 g/mol. The highest BCUT2D eigenvalue weighted by Gasteiger charge is 2.24. The molecular weight excluding hydrogens is 455 g/mol. The second kappa shape index (κ2) is 12.5. The van der Waals surface area contributed by atoms with Gasteiger partial charge in [0.15, 0.2) is 11.5 Å². The molecule has 0 bridgehead atoms. The summed E-state index contributed by atoms with van der Waals surface area (Å²) in [5, 5.41) is 6.25. The van der Waals surface area contributed by atoms with E-state index in [2.05, 4.69) is 10.6 Å². The van der Waals surface area contributed by atoms with Crippen LogP contribution >= 0.6 is 23.2 Å². The largest absolute Gasteiger partial charge is 0.493 e. The molecule has 174 valence electrons. The highest BCUT2D eigenvalue weighted by molar-refractivity contribution is 6.36. The predicted molar refractivity (Wildman–Crippen MR) is 126 cm³/mol. The lowest BCUT2D eigenvalue weighted by Gasteiger charge is -2.21. The standard InChI is InChI=1S/C23H28Cl2N2O5/c1-14(2)11-19(27-22(28)17-7-5-15(24)12-18(17)25)23(29)26-16-6-8-20(31-4)21(13-16)32-10-9-30-3/h5-8,12-14,19H,9-11H2,1-4H3,(H,26,29)(H,27,28). The van der Waals surface area contributed by atoms with Gasteiger partial charge in [0.1, 0.15) is 12.6 Å². The summed E-state index contributed by atoms with van der Waals surface area (Å²) in [6.07, 6.45) is 0.441. The number of anilines is 1. The highest BCUT2D eigenvalue weighted by atomic mass is 35.5. The van der Waals surface area contributed by atoms with Crippen LogP contribution in [-0.2, 0) is 9.53 Å². The van der Waals surface area contributed by atoms with E-state index in [0.29, 0.717) is 41.8 Å². The molecule has 0 spiro atoms. The van der Waals surface area contributed by atoms with Crippen molar-refractivity contribution < 1.29 is 23.8 Å². The third kappa shape index (κ3) is 7.58. The number of carbonyl (C=O) groups excluding carboxylic acids is 2. The molecule has 2 aromatic rings. The van der Waals surface area contributed by atoms with Crippen molar-refractivity contribution in [3.63, 3.8) is 0 Å². The molecule has 0 saturated heterocycles. The molecular formula is C23H28Cl2N2O5. The molecule has 0 radical (unpaired) electrons. The number of ether oxygens (including phenoxy) is 3. The van der Waals surface area contributed by atoms with E-state index in [1.54, 1.807) is 31.4 Å². The summed E-state index contributed by atoms with van der Waals surface area (Å²) in [5.74, 6) is 0.356. The van der Waals surface area contributed by atoms with Crippen molar-refractivity contribution in [2.24, 2.45) is 5.92 Å². The zero-order valence-electron chi connectivity index (χ0n) is 18.5. The van der Waals surface area contributed by atoms with E-state index in [1.165, 1.54) is 19.2 Å². The average molecular weight is 483 g/mol. The molecule has 1 unspecified atom stereocenters. The van der Waals surface area contributed by atoms with E-state index in [9.17, 15) is 9.59 Å². The lowest BCUT2D eigenvalue weighted by Crippen LogP contribution is -2.44. The third-order valence-electron chi connectivity index (χ3n) is 4.48. The molecule has 32 heavy (non-hydrogen) atoms. The Morgan fingerprint density at radius 3 is 2.38 bits per heavy atom. The van der Waals surface area contributed by atoms with Crippen molar-refractivity contribution in [1.82, 2.24) is 5.32 Å². The van der Waals surface area contributed by atoms with Crippen LogP contribution in [0.1, 0.15) is 30.6 Å². The van der Waals surface area contributed by atoms with E-state index < -0.39 is 11.9 Å². The van der Waals surface area contributed by atoms with Crippen molar-refractivity contribution in [3.8, 4) is 11.5 Å². The van der Waals surface area contributed by atoms with E-state index in [1.807, 2.05) is 13.8 Å². The zero-order chi connectivity index (χ0) is 23.7. The van der Waals surface area contributed by atoms with Crippen LogP contribution in [0.4, 0.5) is 5.69 Å². The molecule has 2 N–H and O–H groups in total. The Balaban J connectivity index is 2.16. The second-order valence-corrected chi connectivity index (χ2v) is 8.32. The highest BCUT2D eigenvalue weighted by Crippen LogP contribution is 2.30. The quantitative estimate of drug-likeness (QED) is 0.448. The number of carbonyl (C=O) groups is 2. The van der Waals surface area contributed by atoms with Crippen molar-refractivity contribution in [2.45, 2.75) is 26.3 Å². The summed E-state index contributed by atoms with van der Waals surface area (Å²) in [4.78, 5) is 25.8. The molecule has 0 fully saturated rings. The van der Waals surface area contributed by atoms with Crippen molar-refractivity contribution in [2.75, 3.05) is 32.8 Å². The van der Waals surface area contributed by atoms with E-state index in [-0.39, 0.29) is 22.4 Å². The molecule has 0 aromatic heterocycles. The van der Waals surface area contributed by atoms with Crippen LogP contribution < -0.4 is 20.1 Å². The Kier molecular flexibility index (Phi) is 10.1. The maximum atomic E-state index is 13.0. The van der Waals surface area contributed by atoms with Gasteiger partial charge in [-0.1, -0.05) is 37.0 Å². The van der Waals surface area contributed by atoms with Gasteiger partial charge < -0.3 is 24.8 Å². The molecule has 2 aromatic carbocycles. The molecule has 7 nitrogen and oxygen atoms in total. The molecule has 2 amide bonds. The molecule has 1 atom stereocenters. The number of halogens is 2. The van der Waals surface area contributed by atoms with Crippen molar-refractivity contribution in [3.05, 3.63) is 52.0 Å². The minimum Gasteiger partial charge on any atom is -0.493 e. The normalized spacial score (nSPS) is 11.7. The van der Waals surface area contributed by atoms with Crippen LogP contribution in [-0.4, -0.2) is 45.3 Å². The molecule has 0 heterocycles. The minimum atomic E-state index is -0.769. The number of nitrogens with one attached hydrogen (secondary N) is 2. The number of rotatable bonds is 11. The summed E-state index contributed by atoms with van der Waals surface area (Å²) in [6, 6.07) is 8.87. The number of amides is 2. The topological polar surface area (TPSA) is 85.9 Å². The number of hydrogen-bond donors (Lipinski definition) is 2. The SMILES string of the molecule is COCCOc1cc(NC(=O)C(CC(C)C)NC(=O)c2ccc(Cl)cc2Cl)ccc1OC. The Morgan fingerprint density at radius 1 is 1.00 bits per heavy atom. The first-order valence-corrected chi connectivity index (χ1v) is 10.9. The molecule has 0 aliphatic carbocycles. The Bertz CT molecular complexity index is 937. The fourth-order valence-corrected chi connectivity index (χ4v) is 3.44. The summed E-state index contributed by atoms with van der Waals surface area (Å²) in [6.45, 7) is 4.68. The van der Waals surface area contributed by atoms with Gasteiger partial charge in [-0.2, -0.15) is 0 Å². The summed E-state index contributed by atoms with van der Waals surface area (Å²) < 4.78 is 16.0. The van der Waals surface area contributed by atoms with Gasteiger partial charge in [0.2, 0.25) is 5.91 Å². The first-order chi connectivity index (χ1) is 15.2. The molecule has 2 rings (SSSR count). The van der Waals surface area contributed by atoms with Gasteiger partial charge in [0.25, 0.3) is 5.91 Å². The third-order valence-corrected chi connectivity index (χ3v) is 5.03. The van der Waals surface area contributed by atoms with Crippen LogP contribution in [0.2, 0.25) is 10.0 Å². The van der Waals surface area contributed by atoms with Gasteiger partial charge in [-0.05, 0) is 42.7 Å². The first-order valence-electron chi connectivity index (χ1n) is 10.1. The smallest absolute Gasteiger partial charge is 0.253 e. The first kappa shape index (κ1) is 25.8. The molecule has 0 aliphatic heterocycles. The number of methoxy groups -OCH3 is 2.